The van der Waals surface area contributed by atoms with Crippen LogP contribution in [0, 0.1) is 0 Å². The van der Waals surface area contributed by atoms with E-state index in [1.807, 2.05) is 23.6 Å². The van der Waals surface area contributed by atoms with Crippen molar-refractivity contribution < 1.29 is 14.6 Å². The van der Waals surface area contributed by atoms with Crippen LogP contribution in [0.1, 0.15) is 16.5 Å². The third-order valence-electron chi connectivity index (χ3n) is 2.30. The molecule has 2 aromatic rings. The number of thiophene rings is 1. The molecule has 0 aliphatic heterocycles. The molecule has 0 aliphatic carbocycles. The van der Waals surface area contributed by atoms with Gasteiger partial charge in [-0.2, -0.15) is 0 Å². The summed E-state index contributed by atoms with van der Waals surface area (Å²) in [6.07, 6.45) is -0.904. The zero-order valence-electron chi connectivity index (χ0n) is 9.08. The van der Waals surface area contributed by atoms with Gasteiger partial charge in [-0.05, 0) is 17.0 Å². The molecular formula is C13H12O3S. The Morgan fingerprint density at radius 2 is 2.00 bits per heavy atom. The Morgan fingerprint density at radius 1 is 1.24 bits per heavy atom. The summed E-state index contributed by atoms with van der Waals surface area (Å²) in [5.41, 5.74) is 0.663. The smallest absolute Gasteiger partial charge is 0.337 e. The lowest BCUT2D eigenvalue weighted by Gasteiger charge is -2.13. The van der Waals surface area contributed by atoms with Gasteiger partial charge >= 0.3 is 5.97 Å². The third kappa shape index (κ3) is 3.15. The van der Waals surface area contributed by atoms with Crippen LogP contribution in [0.4, 0.5) is 0 Å². The Hall–Kier alpha value is -1.65. The van der Waals surface area contributed by atoms with Crippen LogP contribution in [-0.4, -0.2) is 11.1 Å². The molecule has 1 unspecified atom stereocenters. The van der Waals surface area contributed by atoms with Gasteiger partial charge in [0.2, 0.25) is 0 Å². The van der Waals surface area contributed by atoms with Crippen molar-refractivity contribution >= 4 is 17.3 Å². The van der Waals surface area contributed by atoms with Crippen LogP contribution in [0.25, 0.3) is 0 Å². The number of carbonyl (C=O) groups is 1. The number of aliphatic carboxylic acids is 1. The highest BCUT2D eigenvalue weighted by molar-refractivity contribution is 7.09. The molecule has 1 heterocycles. The van der Waals surface area contributed by atoms with Gasteiger partial charge in [-0.3, -0.25) is 0 Å². The Balaban J connectivity index is 2.06. The summed E-state index contributed by atoms with van der Waals surface area (Å²) < 4.78 is 5.44. The zero-order valence-corrected chi connectivity index (χ0v) is 9.89. The van der Waals surface area contributed by atoms with Crippen LogP contribution in [0.15, 0.2) is 47.8 Å². The molecule has 3 nitrogen and oxygen atoms in total. The summed E-state index contributed by atoms with van der Waals surface area (Å²) in [5.74, 6) is -0.965. The van der Waals surface area contributed by atoms with Gasteiger partial charge < -0.3 is 9.84 Å². The van der Waals surface area contributed by atoms with E-state index in [9.17, 15) is 4.79 Å². The summed E-state index contributed by atoms with van der Waals surface area (Å²) in [5, 5.41) is 11.1. The van der Waals surface area contributed by atoms with Crippen molar-refractivity contribution in [2.24, 2.45) is 0 Å². The fourth-order valence-electron chi connectivity index (χ4n) is 1.50. The molecule has 1 atom stereocenters. The van der Waals surface area contributed by atoms with E-state index in [4.69, 9.17) is 9.84 Å². The molecule has 17 heavy (non-hydrogen) atoms. The first-order valence-electron chi connectivity index (χ1n) is 5.19. The van der Waals surface area contributed by atoms with E-state index in [-0.39, 0.29) is 0 Å². The van der Waals surface area contributed by atoms with Crippen molar-refractivity contribution in [3.05, 3.63) is 58.3 Å². The van der Waals surface area contributed by atoms with E-state index in [0.717, 1.165) is 4.88 Å². The number of carboxylic acid groups (broad SMARTS) is 1. The van der Waals surface area contributed by atoms with Crippen molar-refractivity contribution in [2.75, 3.05) is 0 Å². The summed E-state index contributed by atoms with van der Waals surface area (Å²) in [7, 11) is 0. The Kier molecular flexibility index (Phi) is 3.90. The molecule has 0 spiro atoms. The Morgan fingerprint density at radius 3 is 2.59 bits per heavy atom. The largest absolute Gasteiger partial charge is 0.479 e. The summed E-state index contributed by atoms with van der Waals surface area (Å²) in [4.78, 5) is 12.2. The van der Waals surface area contributed by atoms with Crippen LogP contribution in [0.3, 0.4) is 0 Å². The molecule has 1 aromatic carbocycles. The van der Waals surface area contributed by atoms with Crippen molar-refractivity contribution in [2.45, 2.75) is 12.7 Å². The minimum Gasteiger partial charge on any atom is -0.479 e. The number of benzene rings is 1. The molecule has 0 aliphatic rings. The molecule has 0 radical (unpaired) electrons. The Bertz CT molecular complexity index is 465. The number of rotatable bonds is 5. The topological polar surface area (TPSA) is 46.5 Å². The molecular weight excluding hydrogens is 236 g/mol. The van der Waals surface area contributed by atoms with Crippen LogP contribution in [0.5, 0.6) is 0 Å². The maximum absolute atomic E-state index is 11.1. The van der Waals surface area contributed by atoms with Gasteiger partial charge in [0.15, 0.2) is 6.10 Å². The predicted octanol–water partition coefficient (Wildman–Crippen LogP) is 3.09. The SMILES string of the molecule is O=C(O)C(OCc1cccs1)c1ccccc1. The van der Waals surface area contributed by atoms with Crippen LogP contribution >= 0.6 is 11.3 Å². The van der Waals surface area contributed by atoms with Gasteiger partial charge in [-0.15, -0.1) is 11.3 Å². The number of ether oxygens (including phenoxy) is 1. The summed E-state index contributed by atoms with van der Waals surface area (Å²) >= 11 is 1.55. The lowest BCUT2D eigenvalue weighted by atomic mass is 10.1. The molecule has 4 heteroatoms. The standard InChI is InChI=1S/C13H12O3S/c14-13(15)12(10-5-2-1-3-6-10)16-9-11-7-4-8-17-11/h1-8,12H,9H2,(H,14,15). The number of carboxylic acids is 1. The first-order chi connectivity index (χ1) is 8.27. The van der Waals surface area contributed by atoms with Gasteiger partial charge in [0.1, 0.15) is 0 Å². The molecule has 2 rings (SSSR count). The molecule has 0 fully saturated rings. The van der Waals surface area contributed by atoms with Crippen molar-refractivity contribution in [3.63, 3.8) is 0 Å². The van der Waals surface area contributed by atoms with Crippen molar-refractivity contribution in [1.29, 1.82) is 0 Å². The second kappa shape index (κ2) is 5.61. The lowest BCUT2D eigenvalue weighted by molar-refractivity contribution is -0.151. The minimum absolute atomic E-state index is 0.323. The van der Waals surface area contributed by atoms with Gasteiger partial charge in [0.05, 0.1) is 6.61 Å². The first kappa shape index (κ1) is 11.8. The molecule has 0 amide bonds. The summed E-state index contributed by atoms with van der Waals surface area (Å²) in [6, 6.07) is 12.8. The highest BCUT2D eigenvalue weighted by atomic mass is 32.1. The highest BCUT2D eigenvalue weighted by Gasteiger charge is 2.20. The second-order valence-corrected chi connectivity index (χ2v) is 4.55. The van der Waals surface area contributed by atoms with Gasteiger partial charge in [-0.25, -0.2) is 4.79 Å². The fraction of sp³-hybridized carbons (Fsp3) is 0.154. The van der Waals surface area contributed by atoms with E-state index in [1.54, 1.807) is 35.6 Å². The van der Waals surface area contributed by atoms with Gasteiger partial charge in [0.25, 0.3) is 0 Å². The fourth-order valence-corrected chi connectivity index (χ4v) is 2.12. The Labute approximate surface area is 103 Å². The molecule has 0 saturated heterocycles. The van der Waals surface area contributed by atoms with Crippen LogP contribution in [0.2, 0.25) is 0 Å². The lowest BCUT2D eigenvalue weighted by Crippen LogP contribution is -2.14. The minimum atomic E-state index is -0.965. The third-order valence-corrected chi connectivity index (χ3v) is 3.15. The molecule has 0 bridgehead atoms. The normalized spacial score (nSPS) is 12.2. The van der Waals surface area contributed by atoms with E-state index in [2.05, 4.69) is 0 Å². The monoisotopic (exact) mass is 248 g/mol. The van der Waals surface area contributed by atoms with E-state index < -0.39 is 12.1 Å². The summed E-state index contributed by atoms with van der Waals surface area (Å²) in [6.45, 7) is 0.323. The zero-order chi connectivity index (χ0) is 12.1. The van der Waals surface area contributed by atoms with Gasteiger partial charge in [-0.1, -0.05) is 36.4 Å². The average Bonchev–Trinajstić information content (AvgIpc) is 2.83. The van der Waals surface area contributed by atoms with Gasteiger partial charge in [0, 0.05) is 4.88 Å². The quantitative estimate of drug-likeness (QED) is 0.884. The van der Waals surface area contributed by atoms with E-state index in [1.165, 1.54) is 0 Å². The van der Waals surface area contributed by atoms with Crippen LogP contribution in [-0.2, 0) is 16.1 Å². The number of hydrogen-bond acceptors (Lipinski definition) is 3. The molecule has 1 N–H and O–H groups in total. The van der Waals surface area contributed by atoms with E-state index in [0.29, 0.717) is 12.2 Å². The predicted molar refractivity (Wildman–Crippen MR) is 65.9 cm³/mol. The highest BCUT2D eigenvalue weighted by Crippen LogP contribution is 2.20. The van der Waals surface area contributed by atoms with Crippen molar-refractivity contribution in [1.82, 2.24) is 0 Å². The molecule has 0 saturated carbocycles. The number of hydrogen-bond donors (Lipinski definition) is 1. The van der Waals surface area contributed by atoms with Crippen molar-refractivity contribution in [3.8, 4) is 0 Å². The van der Waals surface area contributed by atoms with E-state index >= 15 is 0 Å². The maximum atomic E-state index is 11.1. The molecule has 1 aromatic heterocycles. The maximum Gasteiger partial charge on any atom is 0.337 e. The first-order valence-corrected chi connectivity index (χ1v) is 6.07. The second-order valence-electron chi connectivity index (χ2n) is 3.52. The van der Waals surface area contributed by atoms with Crippen LogP contribution < -0.4 is 0 Å². The average molecular weight is 248 g/mol. The molecule has 88 valence electrons.